The van der Waals surface area contributed by atoms with Crippen molar-refractivity contribution in [2.24, 2.45) is 0 Å². The van der Waals surface area contributed by atoms with Crippen LogP contribution >= 0.6 is 23.4 Å². The summed E-state index contributed by atoms with van der Waals surface area (Å²) in [5.74, 6) is -0.541. The number of carbonyl (C=O) groups excluding carboxylic acids is 2. The predicted molar refractivity (Wildman–Crippen MR) is 89.8 cm³/mol. The maximum atomic E-state index is 11.8. The van der Waals surface area contributed by atoms with E-state index in [4.69, 9.17) is 16.3 Å². The van der Waals surface area contributed by atoms with Gasteiger partial charge in [0.05, 0.1) is 23.4 Å². The van der Waals surface area contributed by atoms with Crippen LogP contribution in [0.1, 0.15) is 15.9 Å². The molecule has 0 unspecified atom stereocenters. The normalized spacial score (nSPS) is 10.2. The molecule has 0 heterocycles. The first kappa shape index (κ1) is 17.4. The zero-order valence-corrected chi connectivity index (χ0v) is 14.0. The summed E-state index contributed by atoms with van der Waals surface area (Å²) < 4.78 is 9.82. The highest BCUT2D eigenvalue weighted by atomic mass is 35.5. The Morgan fingerprint density at radius 1 is 1.09 bits per heavy atom. The third-order valence-corrected chi connectivity index (χ3v) is 4.45. The number of methoxy groups -OCH3 is 1. The first-order chi connectivity index (χ1) is 11.1. The van der Waals surface area contributed by atoms with E-state index in [1.807, 2.05) is 18.2 Å². The van der Waals surface area contributed by atoms with Crippen molar-refractivity contribution < 1.29 is 19.1 Å². The van der Waals surface area contributed by atoms with Gasteiger partial charge < -0.3 is 9.47 Å². The Morgan fingerprint density at radius 2 is 1.78 bits per heavy atom. The Morgan fingerprint density at radius 3 is 2.43 bits per heavy atom. The molecular weight excluding hydrogens is 336 g/mol. The van der Waals surface area contributed by atoms with Crippen molar-refractivity contribution in [3.8, 4) is 0 Å². The molecule has 0 spiro atoms. The molecular formula is C17H15ClO4S. The first-order valence-corrected chi connectivity index (χ1v) is 8.16. The van der Waals surface area contributed by atoms with Crippen LogP contribution in [0.3, 0.4) is 0 Å². The van der Waals surface area contributed by atoms with Crippen molar-refractivity contribution >= 4 is 35.3 Å². The molecule has 0 fully saturated rings. The average molecular weight is 351 g/mol. The predicted octanol–water partition coefficient (Wildman–Crippen LogP) is 3.96. The molecule has 0 N–H and O–H groups in total. The second-order valence-electron chi connectivity index (χ2n) is 4.57. The van der Waals surface area contributed by atoms with E-state index in [2.05, 4.69) is 4.74 Å². The molecule has 2 rings (SSSR count). The summed E-state index contributed by atoms with van der Waals surface area (Å²) in [6.07, 6.45) is 0. The molecule has 0 radical (unpaired) electrons. The van der Waals surface area contributed by atoms with Gasteiger partial charge in [-0.05, 0) is 29.8 Å². The van der Waals surface area contributed by atoms with Crippen LogP contribution in [0, 0.1) is 0 Å². The number of thioether (sulfide) groups is 1. The number of halogens is 1. The van der Waals surface area contributed by atoms with Crippen LogP contribution in [0.15, 0.2) is 53.4 Å². The van der Waals surface area contributed by atoms with Crippen LogP contribution in [0.5, 0.6) is 0 Å². The SMILES string of the molecule is COC(=O)c1ccc(COC(=O)CSc2ccccc2Cl)cc1. The lowest BCUT2D eigenvalue weighted by atomic mass is 10.1. The van der Waals surface area contributed by atoms with Gasteiger partial charge in [-0.1, -0.05) is 35.9 Å². The summed E-state index contributed by atoms with van der Waals surface area (Å²) in [6.45, 7) is 0.156. The van der Waals surface area contributed by atoms with Crippen LogP contribution in [0.2, 0.25) is 5.02 Å². The molecule has 4 nitrogen and oxygen atoms in total. The molecule has 2 aromatic carbocycles. The number of rotatable bonds is 6. The maximum Gasteiger partial charge on any atom is 0.337 e. The number of hydrogen-bond acceptors (Lipinski definition) is 5. The van der Waals surface area contributed by atoms with E-state index in [-0.39, 0.29) is 18.3 Å². The van der Waals surface area contributed by atoms with E-state index in [0.29, 0.717) is 10.6 Å². The van der Waals surface area contributed by atoms with E-state index in [1.54, 1.807) is 30.3 Å². The number of ether oxygens (including phenoxy) is 2. The van der Waals surface area contributed by atoms with E-state index in [1.165, 1.54) is 18.9 Å². The number of esters is 2. The van der Waals surface area contributed by atoms with Gasteiger partial charge in [-0.3, -0.25) is 4.79 Å². The molecule has 0 saturated carbocycles. The molecule has 120 valence electrons. The minimum atomic E-state index is -0.398. The van der Waals surface area contributed by atoms with Crippen molar-refractivity contribution in [1.82, 2.24) is 0 Å². The van der Waals surface area contributed by atoms with Gasteiger partial charge in [-0.25, -0.2) is 4.79 Å². The van der Waals surface area contributed by atoms with E-state index in [0.717, 1.165) is 10.5 Å². The van der Waals surface area contributed by atoms with Crippen LogP contribution in [0.25, 0.3) is 0 Å². The quantitative estimate of drug-likeness (QED) is 0.583. The Bertz CT molecular complexity index is 685. The Balaban J connectivity index is 1.80. The lowest BCUT2D eigenvalue weighted by molar-refractivity contribution is -0.141. The second kappa shape index (κ2) is 8.60. The summed E-state index contributed by atoms with van der Waals surface area (Å²) in [5.41, 5.74) is 1.26. The summed E-state index contributed by atoms with van der Waals surface area (Å²) in [7, 11) is 1.33. The van der Waals surface area contributed by atoms with Gasteiger partial charge in [0.1, 0.15) is 6.61 Å². The van der Waals surface area contributed by atoms with Crippen molar-refractivity contribution in [1.29, 1.82) is 0 Å². The first-order valence-electron chi connectivity index (χ1n) is 6.80. The van der Waals surface area contributed by atoms with Gasteiger partial charge >= 0.3 is 11.9 Å². The molecule has 0 aliphatic carbocycles. The van der Waals surface area contributed by atoms with Crippen LogP contribution in [-0.4, -0.2) is 24.8 Å². The van der Waals surface area contributed by atoms with Gasteiger partial charge in [0.25, 0.3) is 0 Å². The van der Waals surface area contributed by atoms with Gasteiger partial charge in [-0.2, -0.15) is 0 Å². The third-order valence-electron chi connectivity index (χ3n) is 2.96. The van der Waals surface area contributed by atoms with Gasteiger partial charge in [0, 0.05) is 4.90 Å². The fourth-order valence-electron chi connectivity index (χ4n) is 1.76. The molecule has 2 aromatic rings. The molecule has 6 heteroatoms. The average Bonchev–Trinajstić information content (AvgIpc) is 2.59. The topological polar surface area (TPSA) is 52.6 Å². The lowest BCUT2D eigenvalue weighted by Gasteiger charge is -2.06. The zero-order chi connectivity index (χ0) is 16.7. The maximum absolute atomic E-state index is 11.8. The fourth-order valence-corrected chi connectivity index (χ4v) is 2.80. The molecule has 0 saturated heterocycles. The summed E-state index contributed by atoms with van der Waals surface area (Å²) in [6, 6.07) is 14.0. The molecule has 0 aliphatic rings. The number of carbonyl (C=O) groups is 2. The molecule has 0 aromatic heterocycles. The molecule has 23 heavy (non-hydrogen) atoms. The minimum Gasteiger partial charge on any atom is -0.465 e. The van der Waals surface area contributed by atoms with Crippen molar-refractivity contribution in [2.45, 2.75) is 11.5 Å². The number of benzene rings is 2. The van der Waals surface area contributed by atoms with Crippen LogP contribution < -0.4 is 0 Å². The Labute approximate surface area is 143 Å². The van der Waals surface area contributed by atoms with Crippen LogP contribution in [-0.2, 0) is 20.9 Å². The smallest absolute Gasteiger partial charge is 0.337 e. The molecule has 0 bridgehead atoms. The highest BCUT2D eigenvalue weighted by Gasteiger charge is 2.08. The van der Waals surface area contributed by atoms with E-state index >= 15 is 0 Å². The van der Waals surface area contributed by atoms with E-state index < -0.39 is 5.97 Å². The molecule has 0 atom stereocenters. The largest absolute Gasteiger partial charge is 0.465 e. The number of hydrogen-bond donors (Lipinski definition) is 0. The Hall–Kier alpha value is -1.98. The highest BCUT2D eigenvalue weighted by molar-refractivity contribution is 8.00. The monoisotopic (exact) mass is 350 g/mol. The van der Waals surface area contributed by atoms with Crippen molar-refractivity contribution in [3.63, 3.8) is 0 Å². The summed E-state index contributed by atoms with van der Waals surface area (Å²) in [4.78, 5) is 23.9. The Kier molecular flexibility index (Phi) is 6.50. The standard InChI is InChI=1S/C17H15ClO4S/c1-21-17(20)13-8-6-12(7-9-13)10-22-16(19)11-23-15-5-3-2-4-14(15)18/h2-9H,10-11H2,1H3. The lowest BCUT2D eigenvalue weighted by Crippen LogP contribution is -2.07. The molecule has 0 amide bonds. The van der Waals surface area contributed by atoms with Gasteiger partial charge in [0.2, 0.25) is 0 Å². The summed E-state index contributed by atoms with van der Waals surface area (Å²) in [5, 5.41) is 0.615. The van der Waals surface area contributed by atoms with Crippen LogP contribution in [0.4, 0.5) is 0 Å². The van der Waals surface area contributed by atoms with Crippen molar-refractivity contribution in [2.75, 3.05) is 12.9 Å². The van der Waals surface area contributed by atoms with Gasteiger partial charge in [-0.15, -0.1) is 11.8 Å². The van der Waals surface area contributed by atoms with Gasteiger partial charge in [0.15, 0.2) is 0 Å². The molecule has 0 aliphatic heterocycles. The fraction of sp³-hybridized carbons (Fsp3) is 0.176. The highest BCUT2D eigenvalue weighted by Crippen LogP contribution is 2.26. The third kappa shape index (κ3) is 5.30. The van der Waals surface area contributed by atoms with Crippen molar-refractivity contribution in [3.05, 3.63) is 64.7 Å². The summed E-state index contributed by atoms with van der Waals surface area (Å²) >= 11 is 7.35. The second-order valence-corrected chi connectivity index (χ2v) is 5.99. The minimum absolute atomic E-state index is 0.156. The zero-order valence-electron chi connectivity index (χ0n) is 12.5. The van der Waals surface area contributed by atoms with E-state index in [9.17, 15) is 9.59 Å².